The molecule has 0 aliphatic rings. The second-order valence-electron chi connectivity index (χ2n) is 8.58. The molecule has 4 heteroatoms. The summed E-state index contributed by atoms with van der Waals surface area (Å²) >= 11 is 0. The molecule has 0 atom stereocenters. The van der Waals surface area contributed by atoms with Crippen LogP contribution in [0.25, 0.3) is 32.8 Å². The van der Waals surface area contributed by atoms with Crippen molar-refractivity contribution in [3.63, 3.8) is 0 Å². The Morgan fingerprint density at radius 1 is 0.853 bits per heavy atom. The van der Waals surface area contributed by atoms with E-state index in [0.29, 0.717) is 18.8 Å². The van der Waals surface area contributed by atoms with Gasteiger partial charge in [-0.1, -0.05) is 72.8 Å². The van der Waals surface area contributed by atoms with Crippen LogP contribution in [0.5, 0.6) is 5.75 Å². The number of aromatic carboxylic acids is 1. The maximum absolute atomic E-state index is 12.4. The molecule has 0 bridgehead atoms. The number of hydrogen-bond acceptors (Lipinski definition) is 2. The van der Waals surface area contributed by atoms with Gasteiger partial charge in [0.15, 0.2) is 0 Å². The van der Waals surface area contributed by atoms with Gasteiger partial charge < -0.3 is 14.4 Å². The molecular formula is C30H27NO3. The Balaban J connectivity index is 1.36. The zero-order chi connectivity index (χ0) is 23.5. The van der Waals surface area contributed by atoms with Crippen molar-refractivity contribution in [3.05, 3.63) is 102 Å². The van der Waals surface area contributed by atoms with Gasteiger partial charge in [0.2, 0.25) is 0 Å². The summed E-state index contributed by atoms with van der Waals surface area (Å²) in [5, 5.41) is 13.5. The monoisotopic (exact) mass is 449 g/mol. The Labute approximate surface area is 199 Å². The Bertz CT molecular complexity index is 1480. The van der Waals surface area contributed by atoms with Crippen LogP contribution >= 0.6 is 0 Å². The molecule has 0 unspecified atom stereocenters. The molecule has 0 fully saturated rings. The van der Waals surface area contributed by atoms with Gasteiger partial charge >= 0.3 is 5.97 Å². The SMILES string of the molecule is Cc1ccccc1-c1c(C(=O)O)n(CCCCOc2ccc3ccccc3c2)c2ccccc12. The number of carbonyl (C=O) groups is 1. The van der Waals surface area contributed by atoms with Gasteiger partial charge in [0.1, 0.15) is 11.4 Å². The number of fused-ring (bicyclic) bond motifs is 2. The fraction of sp³-hybridized carbons (Fsp3) is 0.167. The van der Waals surface area contributed by atoms with Crippen LogP contribution in [0.3, 0.4) is 0 Å². The molecule has 5 aromatic rings. The molecule has 34 heavy (non-hydrogen) atoms. The molecule has 0 aliphatic carbocycles. The predicted molar refractivity (Wildman–Crippen MR) is 138 cm³/mol. The number of rotatable bonds is 8. The fourth-order valence-electron chi connectivity index (χ4n) is 4.70. The standard InChI is InChI=1S/C30H27NO3/c1-21-10-2-5-13-25(21)28-26-14-6-7-15-27(26)31(29(28)30(32)33)18-8-9-19-34-24-17-16-22-11-3-4-12-23(22)20-24/h2-7,10-17,20H,8-9,18-19H2,1H3,(H,32,33). The highest BCUT2D eigenvalue weighted by Gasteiger charge is 2.23. The number of aromatic nitrogens is 1. The summed E-state index contributed by atoms with van der Waals surface area (Å²) in [4.78, 5) is 12.4. The van der Waals surface area contributed by atoms with Gasteiger partial charge in [0.25, 0.3) is 0 Å². The van der Waals surface area contributed by atoms with Crippen molar-refractivity contribution in [2.75, 3.05) is 6.61 Å². The van der Waals surface area contributed by atoms with Gasteiger partial charge in [-0.2, -0.15) is 0 Å². The highest BCUT2D eigenvalue weighted by Crippen LogP contribution is 2.37. The highest BCUT2D eigenvalue weighted by molar-refractivity contribution is 6.08. The molecule has 0 amide bonds. The number of carboxylic acid groups (broad SMARTS) is 1. The molecule has 1 heterocycles. The summed E-state index contributed by atoms with van der Waals surface area (Å²) in [5.74, 6) is -0.0416. The van der Waals surface area contributed by atoms with Crippen LogP contribution in [0, 0.1) is 6.92 Å². The fourth-order valence-corrected chi connectivity index (χ4v) is 4.70. The molecular weight excluding hydrogens is 422 g/mol. The minimum absolute atomic E-state index is 0.353. The molecule has 0 aliphatic heterocycles. The lowest BCUT2D eigenvalue weighted by Crippen LogP contribution is -2.11. The highest BCUT2D eigenvalue weighted by atomic mass is 16.5. The van der Waals surface area contributed by atoms with Crippen LogP contribution in [0.2, 0.25) is 0 Å². The summed E-state index contributed by atoms with van der Waals surface area (Å²) in [6.45, 7) is 3.23. The molecule has 0 saturated carbocycles. The van der Waals surface area contributed by atoms with E-state index in [1.807, 2.05) is 78.2 Å². The molecule has 5 rings (SSSR count). The van der Waals surface area contributed by atoms with Crippen molar-refractivity contribution >= 4 is 27.6 Å². The summed E-state index contributed by atoms with van der Waals surface area (Å²) < 4.78 is 7.94. The number of ether oxygens (including phenoxy) is 1. The van der Waals surface area contributed by atoms with Crippen molar-refractivity contribution in [2.24, 2.45) is 0 Å². The third-order valence-corrected chi connectivity index (χ3v) is 6.35. The Hall–Kier alpha value is -4.05. The second-order valence-corrected chi connectivity index (χ2v) is 8.58. The number of para-hydroxylation sites is 1. The van der Waals surface area contributed by atoms with E-state index in [-0.39, 0.29) is 0 Å². The Kier molecular flexibility index (Phi) is 6.05. The minimum atomic E-state index is -0.901. The van der Waals surface area contributed by atoms with Crippen LogP contribution in [-0.4, -0.2) is 22.2 Å². The maximum Gasteiger partial charge on any atom is 0.353 e. The van der Waals surface area contributed by atoms with E-state index in [9.17, 15) is 9.90 Å². The zero-order valence-corrected chi connectivity index (χ0v) is 19.2. The summed E-state index contributed by atoms with van der Waals surface area (Å²) in [5.41, 5.74) is 4.14. The first kappa shape index (κ1) is 21.8. The molecule has 4 nitrogen and oxygen atoms in total. The first-order valence-corrected chi connectivity index (χ1v) is 11.7. The summed E-state index contributed by atoms with van der Waals surface area (Å²) in [6, 6.07) is 30.3. The zero-order valence-electron chi connectivity index (χ0n) is 19.2. The van der Waals surface area contributed by atoms with Gasteiger partial charge in [0, 0.05) is 23.0 Å². The van der Waals surface area contributed by atoms with Crippen molar-refractivity contribution in [1.82, 2.24) is 4.57 Å². The first-order chi connectivity index (χ1) is 16.6. The summed E-state index contributed by atoms with van der Waals surface area (Å²) in [7, 11) is 0. The van der Waals surface area contributed by atoms with E-state index >= 15 is 0 Å². The van der Waals surface area contributed by atoms with Gasteiger partial charge in [-0.25, -0.2) is 4.79 Å². The van der Waals surface area contributed by atoms with E-state index in [2.05, 4.69) is 24.3 Å². The second kappa shape index (κ2) is 9.44. The molecule has 4 aromatic carbocycles. The minimum Gasteiger partial charge on any atom is -0.494 e. The molecule has 0 spiro atoms. The normalized spacial score (nSPS) is 11.2. The van der Waals surface area contributed by atoms with E-state index in [0.717, 1.165) is 51.6 Å². The first-order valence-electron chi connectivity index (χ1n) is 11.7. The lowest BCUT2D eigenvalue weighted by atomic mass is 9.97. The van der Waals surface area contributed by atoms with E-state index < -0.39 is 5.97 Å². The Morgan fingerprint density at radius 2 is 1.59 bits per heavy atom. The maximum atomic E-state index is 12.4. The third-order valence-electron chi connectivity index (χ3n) is 6.35. The van der Waals surface area contributed by atoms with Crippen LogP contribution in [0.15, 0.2) is 91.0 Å². The third kappa shape index (κ3) is 4.15. The molecule has 0 radical (unpaired) electrons. The number of carboxylic acids is 1. The van der Waals surface area contributed by atoms with Gasteiger partial charge in [-0.05, 0) is 59.9 Å². The van der Waals surface area contributed by atoms with Crippen molar-refractivity contribution < 1.29 is 14.6 Å². The quantitative estimate of drug-likeness (QED) is 0.252. The van der Waals surface area contributed by atoms with Crippen LogP contribution < -0.4 is 4.74 Å². The van der Waals surface area contributed by atoms with Crippen molar-refractivity contribution in [2.45, 2.75) is 26.3 Å². The molecule has 0 saturated heterocycles. The van der Waals surface area contributed by atoms with E-state index in [1.165, 1.54) is 5.39 Å². The largest absolute Gasteiger partial charge is 0.494 e. The van der Waals surface area contributed by atoms with Crippen LogP contribution in [-0.2, 0) is 6.54 Å². The smallest absolute Gasteiger partial charge is 0.353 e. The van der Waals surface area contributed by atoms with Crippen molar-refractivity contribution in [1.29, 1.82) is 0 Å². The molecule has 170 valence electrons. The number of aryl methyl sites for hydroxylation is 2. The number of nitrogens with zero attached hydrogens (tertiary/aromatic N) is 1. The van der Waals surface area contributed by atoms with Crippen LogP contribution in [0.1, 0.15) is 28.9 Å². The van der Waals surface area contributed by atoms with E-state index in [1.54, 1.807) is 0 Å². The summed E-state index contributed by atoms with van der Waals surface area (Å²) in [6.07, 6.45) is 1.65. The molecule has 1 N–H and O–H groups in total. The Morgan fingerprint density at radius 3 is 2.41 bits per heavy atom. The van der Waals surface area contributed by atoms with Gasteiger partial charge in [-0.3, -0.25) is 0 Å². The number of benzene rings is 4. The topological polar surface area (TPSA) is 51.5 Å². The molecule has 1 aromatic heterocycles. The number of unbranched alkanes of at least 4 members (excludes halogenated alkanes) is 1. The van der Waals surface area contributed by atoms with Gasteiger partial charge in [-0.15, -0.1) is 0 Å². The van der Waals surface area contributed by atoms with E-state index in [4.69, 9.17) is 4.74 Å². The predicted octanol–water partition coefficient (Wildman–Crippen LogP) is 7.33. The lowest BCUT2D eigenvalue weighted by Gasteiger charge is -2.11. The van der Waals surface area contributed by atoms with Gasteiger partial charge in [0.05, 0.1) is 6.61 Å². The lowest BCUT2D eigenvalue weighted by molar-refractivity contribution is 0.0686. The number of hydrogen-bond donors (Lipinski definition) is 1. The average Bonchev–Trinajstić information content (AvgIpc) is 3.18. The average molecular weight is 450 g/mol. The van der Waals surface area contributed by atoms with Crippen molar-refractivity contribution in [3.8, 4) is 16.9 Å². The van der Waals surface area contributed by atoms with Crippen LogP contribution in [0.4, 0.5) is 0 Å².